The molecule has 2 aliphatic heterocycles. The van der Waals surface area contributed by atoms with Gasteiger partial charge in [0, 0.05) is 18.1 Å². The average Bonchev–Trinajstić information content (AvgIpc) is 2.64. The van der Waals surface area contributed by atoms with Crippen LogP contribution in [-0.4, -0.2) is 48.6 Å². The molecule has 1 amide bonds. The number of Topliss-reactive ketones (excluding diaryl/α,β-unsaturated/α-hetero) is 1. The third-order valence-electron chi connectivity index (χ3n) is 4.77. The molecule has 4 rings (SSSR count). The molecule has 0 saturated carbocycles. The normalized spacial score (nSPS) is 17.2. The van der Waals surface area contributed by atoms with Crippen LogP contribution in [0.15, 0.2) is 30.3 Å². The second kappa shape index (κ2) is 7.26. The molecule has 0 N–H and O–H groups in total. The molecule has 2 aromatic rings. The van der Waals surface area contributed by atoms with Crippen LogP contribution in [0.25, 0.3) is 0 Å². The highest BCUT2D eigenvalue weighted by Crippen LogP contribution is 2.33. The summed E-state index contributed by atoms with van der Waals surface area (Å²) in [5.41, 5.74) is -1.66. The Morgan fingerprint density at radius 1 is 1.24 bits per heavy atom. The maximum absolute atomic E-state index is 14.8. The van der Waals surface area contributed by atoms with Gasteiger partial charge in [-0.2, -0.15) is 0 Å². The molecule has 0 unspecified atom stereocenters. The van der Waals surface area contributed by atoms with E-state index in [4.69, 9.17) is 21.1 Å². The molecule has 9 heteroatoms. The van der Waals surface area contributed by atoms with Crippen LogP contribution in [0.4, 0.5) is 13.2 Å². The van der Waals surface area contributed by atoms with Gasteiger partial charge in [-0.15, -0.1) is 0 Å². The molecule has 0 radical (unpaired) electrons. The summed E-state index contributed by atoms with van der Waals surface area (Å²) < 4.78 is 52.6. The van der Waals surface area contributed by atoms with E-state index in [0.717, 1.165) is 23.1 Å². The van der Waals surface area contributed by atoms with Crippen molar-refractivity contribution in [2.24, 2.45) is 0 Å². The van der Waals surface area contributed by atoms with Crippen LogP contribution in [0.5, 0.6) is 11.5 Å². The zero-order valence-electron chi connectivity index (χ0n) is 15.0. The van der Waals surface area contributed by atoms with Crippen molar-refractivity contribution in [2.45, 2.75) is 12.1 Å². The van der Waals surface area contributed by atoms with E-state index in [1.165, 1.54) is 12.1 Å². The number of rotatable bonds is 4. The lowest BCUT2D eigenvalue weighted by Gasteiger charge is -2.44. The van der Waals surface area contributed by atoms with Crippen molar-refractivity contribution in [1.82, 2.24) is 4.90 Å². The van der Waals surface area contributed by atoms with Crippen molar-refractivity contribution in [2.75, 3.05) is 26.3 Å². The monoisotopic (exact) mass is 425 g/mol. The van der Waals surface area contributed by atoms with E-state index < -0.39 is 29.8 Å². The largest absolute Gasteiger partial charge is 0.489 e. The van der Waals surface area contributed by atoms with Crippen molar-refractivity contribution < 1.29 is 32.2 Å². The molecule has 1 saturated heterocycles. The van der Waals surface area contributed by atoms with E-state index in [1.54, 1.807) is 0 Å². The van der Waals surface area contributed by atoms with Gasteiger partial charge < -0.3 is 14.4 Å². The Hall–Kier alpha value is -2.74. The summed E-state index contributed by atoms with van der Waals surface area (Å²) in [6, 6.07) is 5.81. The minimum atomic E-state index is -1.84. The molecule has 0 aliphatic carbocycles. The fourth-order valence-electron chi connectivity index (χ4n) is 3.30. The van der Waals surface area contributed by atoms with Gasteiger partial charge in [0.2, 0.25) is 0 Å². The molecule has 0 atom stereocenters. The first-order valence-corrected chi connectivity index (χ1v) is 9.15. The van der Waals surface area contributed by atoms with Crippen molar-refractivity contribution in [3.05, 3.63) is 58.1 Å². The van der Waals surface area contributed by atoms with Gasteiger partial charge >= 0.3 is 0 Å². The second-order valence-electron chi connectivity index (χ2n) is 7.12. The van der Waals surface area contributed by atoms with Crippen molar-refractivity contribution in [3.63, 3.8) is 0 Å². The third kappa shape index (κ3) is 3.89. The molecule has 1 fully saturated rings. The number of halogens is 4. The summed E-state index contributed by atoms with van der Waals surface area (Å²) in [6.07, 6.45) is 0.0508. The highest BCUT2D eigenvalue weighted by Gasteiger charge is 2.47. The van der Waals surface area contributed by atoms with Gasteiger partial charge in [-0.1, -0.05) is 11.6 Å². The number of hydrogen-bond acceptors (Lipinski definition) is 4. The van der Waals surface area contributed by atoms with Crippen LogP contribution in [-0.2, 0) is 11.2 Å². The number of ketones is 1. The van der Waals surface area contributed by atoms with Crippen molar-refractivity contribution in [3.8, 4) is 11.5 Å². The third-order valence-corrected chi connectivity index (χ3v) is 5.07. The molecule has 0 spiro atoms. The molecule has 5 nitrogen and oxygen atoms in total. The minimum absolute atomic E-state index is 0.00810. The molecule has 2 heterocycles. The maximum Gasteiger partial charge on any atom is 0.257 e. The molecule has 0 aromatic heterocycles. The molecular weight excluding hydrogens is 411 g/mol. The second-order valence-corrected chi connectivity index (χ2v) is 7.53. The maximum atomic E-state index is 14.8. The first kappa shape index (κ1) is 19.6. The molecular formula is C20H15ClF3NO4. The van der Waals surface area contributed by atoms with Crippen LogP contribution in [0, 0.1) is 11.6 Å². The summed E-state index contributed by atoms with van der Waals surface area (Å²) >= 11 is 5.84. The number of amides is 1. The highest BCUT2D eigenvalue weighted by molar-refractivity contribution is 6.32. The Labute approximate surface area is 169 Å². The number of carbonyl (C=O) groups excluding carboxylic acids is 2. The first-order valence-electron chi connectivity index (χ1n) is 8.77. The predicted octanol–water partition coefficient (Wildman–Crippen LogP) is 3.37. The minimum Gasteiger partial charge on any atom is -0.489 e. The Morgan fingerprint density at radius 2 is 2.00 bits per heavy atom. The number of nitrogens with zero attached hydrogens (tertiary/aromatic N) is 1. The fraction of sp³-hybridized carbons (Fsp3) is 0.300. The summed E-state index contributed by atoms with van der Waals surface area (Å²) in [5, 5.41) is 0.00810. The van der Waals surface area contributed by atoms with E-state index in [-0.39, 0.29) is 54.0 Å². The van der Waals surface area contributed by atoms with Gasteiger partial charge in [0.25, 0.3) is 5.91 Å². The van der Waals surface area contributed by atoms with E-state index >= 15 is 0 Å². The Balaban J connectivity index is 1.41. The van der Waals surface area contributed by atoms with Crippen LogP contribution in [0.3, 0.4) is 0 Å². The predicted molar refractivity (Wildman–Crippen MR) is 97.3 cm³/mol. The highest BCUT2D eigenvalue weighted by atomic mass is 35.5. The summed E-state index contributed by atoms with van der Waals surface area (Å²) in [4.78, 5) is 25.2. The standard InChI is InChI=1S/C20H15ClF3NO4/c21-15-5-12(22)1-2-17(15)29-10-20(24)8-25(9-20)19(27)14-4-11-3-13(26)7-28-18(11)6-16(14)23/h1-2,4-6H,3,7-10H2. The average molecular weight is 426 g/mol. The number of fused-ring (bicyclic) bond motifs is 1. The smallest absolute Gasteiger partial charge is 0.257 e. The lowest BCUT2D eigenvalue weighted by atomic mass is 9.95. The lowest BCUT2D eigenvalue weighted by molar-refractivity contribution is -0.121. The molecule has 0 bridgehead atoms. The number of hydrogen-bond donors (Lipinski definition) is 0. The van der Waals surface area contributed by atoms with Gasteiger partial charge in [0.1, 0.15) is 36.3 Å². The van der Waals surface area contributed by atoms with Crippen LogP contribution >= 0.6 is 11.6 Å². The SMILES string of the molecule is O=C1COc2cc(F)c(C(=O)N3CC(F)(COc4ccc(F)cc4Cl)C3)cc2C1. The topological polar surface area (TPSA) is 55.8 Å². The lowest BCUT2D eigenvalue weighted by Crippen LogP contribution is -2.63. The molecule has 152 valence electrons. The van der Waals surface area contributed by atoms with Crippen LogP contribution in [0.1, 0.15) is 15.9 Å². The Morgan fingerprint density at radius 3 is 2.72 bits per heavy atom. The van der Waals surface area contributed by atoms with Gasteiger partial charge in [0.05, 0.1) is 23.7 Å². The number of alkyl halides is 1. The van der Waals surface area contributed by atoms with Crippen LogP contribution in [0.2, 0.25) is 5.02 Å². The molecule has 2 aromatic carbocycles. The number of carbonyl (C=O) groups is 2. The molecule has 29 heavy (non-hydrogen) atoms. The summed E-state index contributed by atoms with van der Waals surface area (Å²) in [7, 11) is 0. The quantitative estimate of drug-likeness (QED) is 0.753. The zero-order chi connectivity index (χ0) is 20.8. The summed E-state index contributed by atoms with van der Waals surface area (Å²) in [6.45, 7) is -1.11. The van der Waals surface area contributed by atoms with Gasteiger partial charge in [0.15, 0.2) is 11.5 Å². The van der Waals surface area contributed by atoms with E-state index in [9.17, 15) is 22.8 Å². The first-order chi connectivity index (χ1) is 13.7. The fourth-order valence-corrected chi connectivity index (χ4v) is 3.52. The van der Waals surface area contributed by atoms with Gasteiger partial charge in [-0.3, -0.25) is 9.59 Å². The Bertz CT molecular complexity index is 1010. The number of ether oxygens (including phenoxy) is 2. The summed E-state index contributed by atoms with van der Waals surface area (Å²) in [5.74, 6) is -1.85. The van der Waals surface area contributed by atoms with Gasteiger partial charge in [-0.05, 0) is 24.3 Å². The number of likely N-dealkylation sites (tertiary alicyclic amines) is 1. The zero-order valence-corrected chi connectivity index (χ0v) is 15.8. The van der Waals surface area contributed by atoms with Gasteiger partial charge in [-0.25, -0.2) is 13.2 Å². The Kier molecular flexibility index (Phi) is 4.90. The van der Waals surface area contributed by atoms with E-state index in [0.29, 0.717) is 5.56 Å². The number of benzene rings is 2. The van der Waals surface area contributed by atoms with E-state index in [1.807, 2.05) is 0 Å². The van der Waals surface area contributed by atoms with E-state index in [2.05, 4.69) is 0 Å². The molecule has 2 aliphatic rings. The van der Waals surface area contributed by atoms with Crippen molar-refractivity contribution >= 4 is 23.3 Å². The van der Waals surface area contributed by atoms with Crippen molar-refractivity contribution in [1.29, 1.82) is 0 Å². The van der Waals surface area contributed by atoms with Crippen LogP contribution < -0.4 is 9.47 Å².